The minimum atomic E-state index is -0.806. The summed E-state index contributed by atoms with van der Waals surface area (Å²) >= 11 is 0. The molecule has 1 aromatic heterocycles. The summed E-state index contributed by atoms with van der Waals surface area (Å²) in [4.78, 5) is 15.6. The summed E-state index contributed by atoms with van der Waals surface area (Å²) in [6.07, 6.45) is 0.608. The lowest BCUT2D eigenvalue weighted by Gasteiger charge is -2.11. The van der Waals surface area contributed by atoms with E-state index in [0.29, 0.717) is 36.0 Å². The first-order valence-electron chi connectivity index (χ1n) is 10.1. The SMILES string of the molecule is CO/N=C(\COc1cccc(COc2ccc(CCC(=O)O)cc2)c1)c1c(C)noc1C. The summed E-state index contributed by atoms with van der Waals surface area (Å²) in [6, 6.07) is 15.0. The van der Waals surface area contributed by atoms with Crippen LogP contribution in [-0.2, 0) is 22.7 Å². The van der Waals surface area contributed by atoms with Crippen LogP contribution in [0.15, 0.2) is 58.2 Å². The molecule has 1 heterocycles. The van der Waals surface area contributed by atoms with Crippen LogP contribution in [0.25, 0.3) is 0 Å². The Morgan fingerprint density at radius 1 is 1.06 bits per heavy atom. The molecule has 0 aliphatic carbocycles. The third-order valence-corrected chi connectivity index (χ3v) is 4.75. The van der Waals surface area contributed by atoms with E-state index in [2.05, 4.69) is 10.3 Å². The number of nitrogens with zero attached hydrogens (tertiary/aromatic N) is 2. The summed E-state index contributed by atoms with van der Waals surface area (Å²) in [5.41, 5.74) is 3.99. The van der Waals surface area contributed by atoms with E-state index in [4.69, 9.17) is 23.9 Å². The van der Waals surface area contributed by atoms with Gasteiger partial charge >= 0.3 is 5.97 Å². The Morgan fingerprint density at radius 3 is 2.50 bits per heavy atom. The van der Waals surface area contributed by atoms with E-state index in [9.17, 15) is 4.79 Å². The molecule has 0 fully saturated rings. The average Bonchev–Trinajstić information content (AvgIpc) is 3.12. The lowest BCUT2D eigenvalue weighted by Crippen LogP contribution is -2.15. The quantitative estimate of drug-likeness (QED) is 0.351. The molecule has 1 N–H and O–H groups in total. The monoisotopic (exact) mass is 438 g/mol. The van der Waals surface area contributed by atoms with Crippen LogP contribution >= 0.6 is 0 Å². The first-order valence-corrected chi connectivity index (χ1v) is 10.1. The van der Waals surface area contributed by atoms with Crippen LogP contribution in [0.1, 0.15) is 34.6 Å². The number of aromatic nitrogens is 1. The molecular formula is C24H26N2O6. The number of hydrogen-bond donors (Lipinski definition) is 1. The summed E-state index contributed by atoms with van der Waals surface area (Å²) in [5.74, 6) is 1.23. The van der Waals surface area contributed by atoms with Gasteiger partial charge in [-0.15, -0.1) is 0 Å². The molecule has 3 rings (SSSR count). The Kier molecular flexibility index (Phi) is 7.85. The zero-order chi connectivity index (χ0) is 22.9. The highest BCUT2D eigenvalue weighted by atomic mass is 16.6. The lowest BCUT2D eigenvalue weighted by atomic mass is 10.1. The molecule has 3 aromatic rings. The standard InChI is InChI=1S/C24H26N2O6/c1-16-24(17(2)32-25-16)22(26-29-3)15-31-21-6-4-5-19(13-21)14-30-20-10-7-18(8-11-20)9-12-23(27)28/h4-8,10-11,13H,9,12,14-15H2,1-3H3,(H,27,28)/b26-22+. The van der Waals surface area contributed by atoms with Crippen LogP contribution in [0.3, 0.4) is 0 Å². The van der Waals surface area contributed by atoms with E-state index in [0.717, 1.165) is 22.4 Å². The van der Waals surface area contributed by atoms with Gasteiger partial charge in [-0.2, -0.15) is 0 Å². The van der Waals surface area contributed by atoms with Gasteiger partial charge in [0.25, 0.3) is 0 Å². The van der Waals surface area contributed by atoms with E-state index in [-0.39, 0.29) is 13.0 Å². The number of aliphatic carboxylic acids is 1. The maximum atomic E-state index is 10.7. The van der Waals surface area contributed by atoms with Crippen molar-refractivity contribution in [3.8, 4) is 11.5 Å². The third-order valence-electron chi connectivity index (χ3n) is 4.75. The normalized spacial score (nSPS) is 11.3. The van der Waals surface area contributed by atoms with Crippen molar-refractivity contribution in [2.75, 3.05) is 13.7 Å². The predicted octanol–water partition coefficient (Wildman–Crippen LogP) is 4.32. The maximum Gasteiger partial charge on any atom is 0.303 e. The van der Waals surface area contributed by atoms with Gasteiger partial charge in [-0.05, 0) is 55.7 Å². The van der Waals surface area contributed by atoms with Crippen molar-refractivity contribution in [1.82, 2.24) is 5.16 Å². The molecule has 0 bridgehead atoms. The molecule has 0 radical (unpaired) electrons. The number of rotatable bonds is 11. The molecule has 0 spiro atoms. The molecule has 8 heteroatoms. The van der Waals surface area contributed by atoms with Gasteiger partial charge in [0, 0.05) is 6.42 Å². The first-order chi connectivity index (χ1) is 15.5. The fourth-order valence-corrected chi connectivity index (χ4v) is 3.20. The Morgan fingerprint density at radius 2 is 1.84 bits per heavy atom. The van der Waals surface area contributed by atoms with Crippen LogP contribution in [-0.4, -0.2) is 35.7 Å². The van der Waals surface area contributed by atoms with Gasteiger partial charge in [0.15, 0.2) is 0 Å². The van der Waals surface area contributed by atoms with Gasteiger partial charge in [0.05, 0.1) is 11.3 Å². The van der Waals surface area contributed by atoms with Crippen molar-refractivity contribution >= 4 is 11.7 Å². The summed E-state index contributed by atoms with van der Waals surface area (Å²) in [6.45, 7) is 4.22. The molecule has 0 aliphatic rings. The van der Waals surface area contributed by atoms with Crippen LogP contribution < -0.4 is 9.47 Å². The molecule has 0 aliphatic heterocycles. The van der Waals surface area contributed by atoms with Gasteiger partial charge in [-0.3, -0.25) is 4.79 Å². The van der Waals surface area contributed by atoms with Gasteiger partial charge in [0.2, 0.25) is 0 Å². The van der Waals surface area contributed by atoms with Crippen LogP contribution in [0.5, 0.6) is 11.5 Å². The number of oxime groups is 1. The second-order valence-electron chi connectivity index (χ2n) is 7.18. The largest absolute Gasteiger partial charge is 0.489 e. The third kappa shape index (κ3) is 6.34. The van der Waals surface area contributed by atoms with E-state index in [1.807, 2.05) is 62.4 Å². The molecule has 168 valence electrons. The number of carboxylic acid groups (broad SMARTS) is 1. The van der Waals surface area contributed by atoms with E-state index in [1.54, 1.807) is 0 Å². The van der Waals surface area contributed by atoms with Crippen LogP contribution in [0.2, 0.25) is 0 Å². The predicted molar refractivity (Wildman–Crippen MR) is 118 cm³/mol. The zero-order valence-electron chi connectivity index (χ0n) is 18.3. The summed E-state index contributed by atoms with van der Waals surface area (Å²) in [5, 5.41) is 16.8. The van der Waals surface area contributed by atoms with Crippen LogP contribution in [0, 0.1) is 13.8 Å². The molecule has 2 aromatic carbocycles. The Bertz CT molecular complexity index is 1050. The molecule has 0 atom stereocenters. The van der Waals surface area contributed by atoms with E-state index < -0.39 is 5.97 Å². The Hall–Kier alpha value is -3.81. The highest BCUT2D eigenvalue weighted by molar-refractivity contribution is 6.03. The van der Waals surface area contributed by atoms with Crippen molar-refractivity contribution in [2.45, 2.75) is 33.3 Å². The average molecular weight is 438 g/mol. The van der Waals surface area contributed by atoms with Crippen LogP contribution in [0.4, 0.5) is 0 Å². The molecule has 0 saturated heterocycles. The van der Waals surface area contributed by atoms with Crippen molar-refractivity contribution in [3.63, 3.8) is 0 Å². The fourth-order valence-electron chi connectivity index (χ4n) is 3.20. The number of hydrogen-bond acceptors (Lipinski definition) is 7. The van der Waals surface area contributed by atoms with Gasteiger partial charge in [-0.25, -0.2) is 0 Å². The Balaban J connectivity index is 1.58. The topological polar surface area (TPSA) is 103 Å². The van der Waals surface area contributed by atoms with E-state index >= 15 is 0 Å². The zero-order valence-corrected chi connectivity index (χ0v) is 18.3. The van der Waals surface area contributed by atoms with Crippen molar-refractivity contribution in [2.24, 2.45) is 5.16 Å². The van der Waals surface area contributed by atoms with Gasteiger partial charge in [0.1, 0.15) is 43.3 Å². The molecular weight excluding hydrogens is 412 g/mol. The summed E-state index contributed by atoms with van der Waals surface area (Å²) in [7, 11) is 1.48. The van der Waals surface area contributed by atoms with Gasteiger partial charge < -0.3 is 23.9 Å². The lowest BCUT2D eigenvalue weighted by molar-refractivity contribution is -0.136. The first kappa shape index (κ1) is 22.9. The highest BCUT2D eigenvalue weighted by Crippen LogP contribution is 2.19. The number of carboxylic acids is 1. The molecule has 0 saturated carbocycles. The highest BCUT2D eigenvalue weighted by Gasteiger charge is 2.17. The molecule has 8 nitrogen and oxygen atoms in total. The Labute approximate surface area is 186 Å². The molecule has 0 unspecified atom stereocenters. The minimum absolute atomic E-state index is 0.111. The fraction of sp³-hybridized carbons (Fsp3) is 0.292. The van der Waals surface area contributed by atoms with Crippen molar-refractivity contribution < 1.29 is 28.7 Å². The van der Waals surface area contributed by atoms with Crippen molar-refractivity contribution in [3.05, 3.63) is 76.7 Å². The maximum absolute atomic E-state index is 10.7. The van der Waals surface area contributed by atoms with E-state index in [1.165, 1.54) is 7.11 Å². The second-order valence-corrected chi connectivity index (χ2v) is 7.18. The summed E-state index contributed by atoms with van der Waals surface area (Å²) < 4.78 is 17.0. The number of ether oxygens (including phenoxy) is 2. The number of benzene rings is 2. The second kappa shape index (κ2) is 11.0. The number of carbonyl (C=O) groups is 1. The van der Waals surface area contributed by atoms with Crippen molar-refractivity contribution in [1.29, 1.82) is 0 Å². The minimum Gasteiger partial charge on any atom is -0.489 e. The number of aryl methyl sites for hydroxylation is 3. The van der Waals surface area contributed by atoms with Gasteiger partial charge in [-0.1, -0.05) is 34.6 Å². The smallest absolute Gasteiger partial charge is 0.303 e. The molecule has 32 heavy (non-hydrogen) atoms. The molecule has 0 amide bonds.